The standard InChI is InChI=1S/C22H31N3O2/c1-5-25(6-2)19-10-13-21(18(4)16-19)24-22(26)23-14-7-15-27-20-11-8-17(3)9-12-20/h8-13,16H,5-7,14-15H2,1-4H3,(H2,23,24,26). The van der Waals surface area contributed by atoms with E-state index >= 15 is 0 Å². The third-order valence-corrected chi connectivity index (χ3v) is 4.48. The highest BCUT2D eigenvalue weighted by molar-refractivity contribution is 5.90. The van der Waals surface area contributed by atoms with E-state index < -0.39 is 0 Å². The highest BCUT2D eigenvalue weighted by Gasteiger charge is 2.07. The summed E-state index contributed by atoms with van der Waals surface area (Å²) in [5.74, 6) is 0.856. The van der Waals surface area contributed by atoms with Gasteiger partial charge in [0.2, 0.25) is 0 Å². The average Bonchev–Trinajstić information content (AvgIpc) is 2.66. The van der Waals surface area contributed by atoms with Crippen LogP contribution in [-0.4, -0.2) is 32.3 Å². The van der Waals surface area contributed by atoms with Gasteiger partial charge in [0.15, 0.2) is 0 Å². The van der Waals surface area contributed by atoms with Crippen LogP contribution in [0, 0.1) is 13.8 Å². The van der Waals surface area contributed by atoms with Gasteiger partial charge in [-0.3, -0.25) is 0 Å². The quantitative estimate of drug-likeness (QED) is 0.628. The Kier molecular flexibility index (Phi) is 7.99. The monoisotopic (exact) mass is 369 g/mol. The number of nitrogens with one attached hydrogen (secondary N) is 2. The van der Waals surface area contributed by atoms with Crippen LogP contribution in [0.25, 0.3) is 0 Å². The SMILES string of the molecule is CCN(CC)c1ccc(NC(=O)NCCCOc2ccc(C)cc2)c(C)c1. The predicted octanol–water partition coefficient (Wildman–Crippen LogP) is 4.74. The molecule has 0 aliphatic rings. The first-order valence-electron chi connectivity index (χ1n) is 9.63. The first-order chi connectivity index (χ1) is 13.0. The molecule has 5 nitrogen and oxygen atoms in total. The molecule has 2 rings (SSSR count). The number of aryl methyl sites for hydroxylation is 2. The van der Waals surface area contributed by atoms with E-state index in [2.05, 4.69) is 35.4 Å². The molecule has 0 spiro atoms. The zero-order valence-electron chi connectivity index (χ0n) is 16.8. The van der Waals surface area contributed by atoms with Gasteiger partial charge < -0.3 is 20.3 Å². The van der Waals surface area contributed by atoms with Crippen LogP contribution in [0.3, 0.4) is 0 Å². The van der Waals surface area contributed by atoms with E-state index in [1.807, 2.05) is 50.2 Å². The van der Waals surface area contributed by atoms with Crippen LogP contribution in [0.2, 0.25) is 0 Å². The van der Waals surface area contributed by atoms with Crippen LogP contribution >= 0.6 is 0 Å². The number of nitrogens with zero attached hydrogens (tertiary/aromatic N) is 1. The minimum atomic E-state index is -0.191. The number of carbonyl (C=O) groups excluding carboxylic acids is 1. The van der Waals surface area contributed by atoms with Gasteiger partial charge in [-0.15, -0.1) is 0 Å². The fraction of sp³-hybridized carbons (Fsp3) is 0.409. The van der Waals surface area contributed by atoms with E-state index in [0.717, 1.165) is 36.5 Å². The highest BCUT2D eigenvalue weighted by Crippen LogP contribution is 2.22. The second-order valence-corrected chi connectivity index (χ2v) is 6.57. The molecule has 2 aromatic carbocycles. The summed E-state index contributed by atoms with van der Waals surface area (Å²) in [6.07, 6.45) is 0.751. The lowest BCUT2D eigenvalue weighted by Gasteiger charge is -2.22. The van der Waals surface area contributed by atoms with E-state index in [0.29, 0.717) is 13.2 Å². The maximum Gasteiger partial charge on any atom is 0.319 e. The summed E-state index contributed by atoms with van der Waals surface area (Å²) in [5.41, 5.74) is 4.27. The van der Waals surface area contributed by atoms with E-state index in [9.17, 15) is 4.79 Å². The molecule has 0 bridgehead atoms. The van der Waals surface area contributed by atoms with Gasteiger partial charge in [0, 0.05) is 31.0 Å². The number of benzene rings is 2. The number of rotatable bonds is 9. The second kappa shape index (κ2) is 10.5. The number of anilines is 2. The number of urea groups is 1. The molecule has 0 heterocycles. The van der Waals surface area contributed by atoms with Crippen molar-refractivity contribution in [2.24, 2.45) is 0 Å². The Morgan fingerprint density at radius 3 is 2.37 bits per heavy atom. The zero-order valence-corrected chi connectivity index (χ0v) is 16.8. The summed E-state index contributed by atoms with van der Waals surface area (Å²) in [4.78, 5) is 14.4. The zero-order chi connectivity index (χ0) is 19.6. The summed E-state index contributed by atoms with van der Waals surface area (Å²) in [7, 11) is 0. The third-order valence-electron chi connectivity index (χ3n) is 4.48. The summed E-state index contributed by atoms with van der Waals surface area (Å²) < 4.78 is 5.66. The molecule has 0 atom stereocenters. The van der Waals surface area contributed by atoms with Gasteiger partial charge in [-0.1, -0.05) is 17.7 Å². The van der Waals surface area contributed by atoms with Crippen molar-refractivity contribution in [3.8, 4) is 5.75 Å². The van der Waals surface area contributed by atoms with Gasteiger partial charge in [-0.05, 0) is 70.0 Å². The van der Waals surface area contributed by atoms with Gasteiger partial charge >= 0.3 is 6.03 Å². The van der Waals surface area contributed by atoms with Crippen molar-refractivity contribution in [3.63, 3.8) is 0 Å². The van der Waals surface area contributed by atoms with Crippen molar-refractivity contribution in [1.82, 2.24) is 5.32 Å². The van der Waals surface area contributed by atoms with Crippen LogP contribution in [0.1, 0.15) is 31.4 Å². The number of ether oxygens (including phenoxy) is 1. The largest absolute Gasteiger partial charge is 0.494 e. The van der Waals surface area contributed by atoms with Crippen molar-refractivity contribution < 1.29 is 9.53 Å². The Hall–Kier alpha value is -2.69. The van der Waals surface area contributed by atoms with Crippen molar-refractivity contribution in [2.75, 3.05) is 36.5 Å². The number of amides is 2. The van der Waals surface area contributed by atoms with Gasteiger partial charge in [-0.2, -0.15) is 0 Å². The maximum atomic E-state index is 12.1. The molecular weight excluding hydrogens is 338 g/mol. The molecule has 5 heteroatoms. The molecule has 0 aliphatic carbocycles. The van der Waals surface area contributed by atoms with E-state index in [1.165, 1.54) is 11.3 Å². The van der Waals surface area contributed by atoms with Crippen LogP contribution in [0.5, 0.6) is 5.75 Å². The predicted molar refractivity (Wildman–Crippen MR) is 113 cm³/mol. The molecule has 146 valence electrons. The Balaban J connectivity index is 1.73. The number of carbonyl (C=O) groups is 1. The normalized spacial score (nSPS) is 10.4. The number of hydrogen-bond acceptors (Lipinski definition) is 3. The molecule has 2 aromatic rings. The van der Waals surface area contributed by atoms with Gasteiger partial charge in [-0.25, -0.2) is 4.79 Å². The molecule has 0 unspecified atom stereocenters. The average molecular weight is 370 g/mol. The third kappa shape index (κ3) is 6.51. The Morgan fingerprint density at radius 2 is 1.74 bits per heavy atom. The fourth-order valence-corrected chi connectivity index (χ4v) is 2.84. The van der Waals surface area contributed by atoms with Gasteiger partial charge in [0.05, 0.1) is 6.61 Å². The molecule has 0 saturated heterocycles. The molecule has 0 aromatic heterocycles. The smallest absolute Gasteiger partial charge is 0.319 e. The topological polar surface area (TPSA) is 53.6 Å². The molecule has 0 radical (unpaired) electrons. The van der Waals surface area contributed by atoms with Crippen LogP contribution in [-0.2, 0) is 0 Å². The minimum absolute atomic E-state index is 0.191. The van der Waals surface area contributed by atoms with Crippen LogP contribution in [0.4, 0.5) is 16.2 Å². The van der Waals surface area contributed by atoms with E-state index in [4.69, 9.17) is 4.74 Å². The Labute approximate surface area is 162 Å². The van der Waals surface area contributed by atoms with Crippen molar-refractivity contribution in [2.45, 2.75) is 34.1 Å². The molecule has 2 N–H and O–H groups in total. The molecule has 27 heavy (non-hydrogen) atoms. The fourth-order valence-electron chi connectivity index (χ4n) is 2.84. The molecule has 0 saturated carbocycles. The first kappa shape index (κ1) is 20.6. The Bertz CT molecular complexity index is 725. The van der Waals surface area contributed by atoms with Crippen molar-refractivity contribution in [3.05, 3.63) is 53.6 Å². The summed E-state index contributed by atoms with van der Waals surface area (Å²) in [5, 5.41) is 5.79. The summed E-state index contributed by atoms with van der Waals surface area (Å²) >= 11 is 0. The lowest BCUT2D eigenvalue weighted by molar-refractivity contribution is 0.250. The molecule has 2 amide bonds. The summed E-state index contributed by atoms with van der Waals surface area (Å²) in [6.45, 7) is 11.4. The molecule has 0 fully saturated rings. The number of hydrogen-bond donors (Lipinski definition) is 2. The minimum Gasteiger partial charge on any atom is -0.494 e. The van der Waals surface area contributed by atoms with Crippen molar-refractivity contribution in [1.29, 1.82) is 0 Å². The Morgan fingerprint density at radius 1 is 1.04 bits per heavy atom. The second-order valence-electron chi connectivity index (χ2n) is 6.57. The summed E-state index contributed by atoms with van der Waals surface area (Å²) in [6, 6.07) is 13.9. The lowest BCUT2D eigenvalue weighted by Crippen LogP contribution is -2.30. The lowest BCUT2D eigenvalue weighted by atomic mass is 10.1. The molecular formula is C22H31N3O2. The van der Waals surface area contributed by atoms with E-state index in [1.54, 1.807) is 0 Å². The van der Waals surface area contributed by atoms with E-state index in [-0.39, 0.29) is 6.03 Å². The van der Waals surface area contributed by atoms with Crippen molar-refractivity contribution >= 4 is 17.4 Å². The van der Waals surface area contributed by atoms with Gasteiger partial charge in [0.1, 0.15) is 5.75 Å². The van der Waals surface area contributed by atoms with Crippen LogP contribution in [0.15, 0.2) is 42.5 Å². The van der Waals surface area contributed by atoms with Crippen LogP contribution < -0.4 is 20.3 Å². The molecule has 0 aliphatic heterocycles. The van der Waals surface area contributed by atoms with Gasteiger partial charge in [0.25, 0.3) is 0 Å². The highest BCUT2D eigenvalue weighted by atomic mass is 16.5. The first-order valence-corrected chi connectivity index (χ1v) is 9.63. The maximum absolute atomic E-state index is 12.1.